The van der Waals surface area contributed by atoms with E-state index in [-0.39, 0.29) is 6.61 Å². The Labute approximate surface area is 154 Å². The average molecular weight is 348 g/mol. The highest BCUT2D eigenvalue weighted by Gasteiger charge is 2.05. The largest absolute Gasteiger partial charge is 0.489 e. The van der Waals surface area contributed by atoms with Gasteiger partial charge in [0.05, 0.1) is 0 Å². The molecular formula is C23H24O3. The molecule has 0 aliphatic rings. The third-order valence-corrected chi connectivity index (χ3v) is 4.06. The van der Waals surface area contributed by atoms with Gasteiger partial charge < -0.3 is 14.6 Å². The van der Waals surface area contributed by atoms with Crippen LogP contribution in [0.5, 0.6) is 11.5 Å². The third kappa shape index (κ3) is 5.64. The Balaban J connectivity index is 1.70. The molecule has 3 nitrogen and oxygen atoms in total. The molecule has 0 aliphatic heterocycles. The van der Waals surface area contributed by atoms with E-state index in [9.17, 15) is 0 Å². The lowest BCUT2D eigenvalue weighted by molar-refractivity contribution is 0.284. The van der Waals surface area contributed by atoms with Crippen molar-refractivity contribution in [3.63, 3.8) is 0 Å². The van der Waals surface area contributed by atoms with Crippen LogP contribution in [0.4, 0.5) is 0 Å². The summed E-state index contributed by atoms with van der Waals surface area (Å²) in [6, 6.07) is 26.2. The van der Waals surface area contributed by atoms with E-state index in [1.807, 2.05) is 78.9 Å². The van der Waals surface area contributed by atoms with E-state index < -0.39 is 0 Å². The second kappa shape index (κ2) is 9.64. The number of benzene rings is 3. The molecule has 0 aromatic heterocycles. The topological polar surface area (TPSA) is 38.7 Å². The van der Waals surface area contributed by atoms with Gasteiger partial charge in [-0.1, -0.05) is 60.7 Å². The van der Waals surface area contributed by atoms with E-state index in [2.05, 4.69) is 0 Å². The molecule has 1 N–H and O–H groups in total. The van der Waals surface area contributed by atoms with Crippen LogP contribution in [-0.4, -0.2) is 11.7 Å². The van der Waals surface area contributed by atoms with Crippen LogP contribution < -0.4 is 9.47 Å². The number of hydrogen-bond donors (Lipinski definition) is 1. The van der Waals surface area contributed by atoms with E-state index in [0.717, 1.165) is 41.0 Å². The number of hydrogen-bond acceptors (Lipinski definition) is 3. The van der Waals surface area contributed by atoms with Crippen LogP contribution in [0.3, 0.4) is 0 Å². The van der Waals surface area contributed by atoms with Gasteiger partial charge in [0, 0.05) is 12.7 Å². The van der Waals surface area contributed by atoms with Crippen LogP contribution in [0.15, 0.2) is 78.9 Å². The molecule has 3 heteroatoms. The van der Waals surface area contributed by atoms with Crippen LogP contribution in [0, 0.1) is 0 Å². The summed E-state index contributed by atoms with van der Waals surface area (Å²) in [6.45, 7) is 1.21. The molecule has 0 amide bonds. The fourth-order valence-electron chi connectivity index (χ4n) is 2.71. The summed E-state index contributed by atoms with van der Waals surface area (Å²) in [6.07, 6.45) is 1.51. The zero-order valence-corrected chi connectivity index (χ0v) is 14.8. The highest BCUT2D eigenvalue weighted by Crippen LogP contribution is 2.25. The van der Waals surface area contributed by atoms with E-state index in [0.29, 0.717) is 13.2 Å². The van der Waals surface area contributed by atoms with Crippen molar-refractivity contribution in [2.45, 2.75) is 26.1 Å². The van der Waals surface area contributed by atoms with Crippen molar-refractivity contribution >= 4 is 0 Å². The highest BCUT2D eigenvalue weighted by molar-refractivity contribution is 5.39. The smallest absolute Gasteiger partial charge is 0.123 e. The molecule has 0 bridgehead atoms. The Morgan fingerprint density at radius 3 is 1.58 bits per heavy atom. The summed E-state index contributed by atoms with van der Waals surface area (Å²) in [5, 5.41) is 9.11. The molecule has 0 fully saturated rings. The van der Waals surface area contributed by atoms with Gasteiger partial charge >= 0.3 is 0 Å². The van der Waals surface area contributed by atoms with Gasteiger partial charge in [-0.25, -0.2) is 0 Å². The summed E-state index contributed by atoms with van der Waals surface area (Å²) in [4.78, 5) is 0. The Bertz CT molecular complexity index is 723. The van der Waals surface area contributed by atoms with Gasteiger partial charge in [0.25, 0.3) is 0 Å². The lowest BCUT2D eigenvalue weighted by atomic mass is 10.1. The summed E-state index contributed by atoms with van der Waals surface area (Å²) in [5.41, 5.74) is 3.35. The molecular weight excluding hydrogens is 324 g/mol. The maximum atomic E-state index is 9.11. The summed E-state index contributed by atoms with van der Waals surface area (Å²) in [7, 11) is 0. The predicted molar refractivity (Wildman–Crippen MR) is 103 cm³/mol. The number of rotatable bonds is 9. The molecule has 3 rings (SSSR count). The Morgan fingerprint density at radius 1 is 0.615 bits per heavy atom. The van der Waals surface area contributed by atoms with Gasteiger partial charge in [0.2, 0.25) is 0 Å². The SMILES string of the molecule is OCCCc1cc(OCc2ccccc2)cc(OCc2ccccc2)c1. The van der Waals surface area contributed by atoms with Gasteiger partial charge in [-0.3, -0.25) is 0 Å². The van der Waals surface area contributed by atoms with Crippen molar-refractivity contribution in [1.82, 2.24) is 0 Å². The van der Waals surface area contributed by atoms with E-state index in [1.54, 1.807) is 0 Å². The Morgan fingerprint density at radius 2 is 1.12 bits per heavy atom. The second-order valence-corrected chi connectivity index (χ2v) is 6.19. The van der Waals surface area contributed by atoms with Gasteiger partial charge in [-0.05, 0) is 41.7 Å². The molecule has 0 spiro atoms. The van der Waals surface area contributed by atoms with Crippen molar-refractivity contribution in [1.29, 1.82) is 0 Å². The van der Waals surface area contributed by atoms with Gasteiger partial charge in [0.15, 0.2) is 0 Å². The van der Waals surface area contributed by atoms with Crippen LogP contribution in [0.1, 0.15) is 23.1 Å². The summed E-state index contributed by atoms with van der Waals surface area (Å²) >= 11 is 0. The molecule has 0 aliphatic carbocycles. The van der Waals surface area contributed by atoms with Gasteiger partial charge in [0.1, 0.15) is 24.7 Å². The van der Waals surface area contributed by atoms with Crippen molar-refractivity contribution < 1.29 is 14.6 Å². The minimum Gasteiger partial charge on any atom is -0.489 e. The molecule has 0 atom stereocenters. The molecule has 3 aromatic carbocycles. The number of ether oxygens (including phenoxy) is 2. The summed E-state index contributed by atoms with van der Waals surface area (Å²) < 4.78 is 11.9. The fraction of sp³-hybridized carbons (Fsp3) is 0.217. The van der Waals surface area contributed by atoms with Crippen LogP contribution in [0.25, 0.3) is 0 Å². The first-order valence-electron chi connectivity index (χ1n) is 8.92. The van der Waals surface area contributed by atoms with Crippen molar-refractivity contribution in [3.8, 4) is 11.5 Å². The first-order chi connectivity index (χ1) is 12.8. The standard InChI is InChI=1S/C23H24O3/c24-13-7-12-21-14-22(25-17-19-8-3-1-4-9-19)16-23(15-21)26-18-20-10-5-2-6-11-20/h1-6,8-11,14-16,24H,7,12-13,17-18H2. The lowest BCUT2D eigenvalue weighted by Crippen LogP contribution is -2.00. The quantitative estimate of drug-likeness (QED) is 0.605. The second-order valence-electron chi connectivity index (χ2n) is 6.19. The monoisotopic (exact) mass is 348 g/mol. The highest BCUT2D eigenvalue weighted by atomic mass is 16.5. The van der Waals surface area contributed by atoms with Crippen LogP contribution in [0.2, 0.25) is 0 Å². The first-order valence-corrected chi connectivity index (χ1v) is 8.92. The zero-order valence-electron chi connectivity index (χ0n) is 14.8. The fourth-order valence-corrected chi connectivity index (χ4v) is 2.71. The minimum atomic E-state index is 0.176. The van der Waals surface area contributed by atoms with E-state index in [1.165, 1.54) is 0 Å². The predicted octanol–water partition coefficient (Wildman–Crippen LogP) is 4.77. The normalized spacial score (nSPS) is 10.5. The molecule has 0 saturated heterocycles. The number of aliphatic hydroxyl groups excluding tert-OH is 1. The molecule has 134 valence electrons. The Hall–Kier alpha value is -2.78. The molecule has 0 saturated carbocycles. The molecule has 3 aromatic rings. The number of aryl methyl sites for hydroxylation is 1. The van der Waals surface area contributed by atoms with Crippen molar-refractivity contribution in [3.05, 3.63) is 95.6 Å². The molecule has 0 radical (unpaired) electrons. The molecule has 0 heterocycles. The Kier molecular flexibility index (Phi) is 6.68. The first kappa shape index (κ1) is 18.0. The van der Waals surface area contributed by atoms with Gasteiger partial charge in [-0.15, -0.1) is 0 Å². The van der Waals surface area contributed by atoms with Crippen LogP contribution >= 0.6 is 0 Å². The summed E-state index contributed by atoms with van der Waals surface area (Å²) in [5.74, 6) is 1.57. The van der Waals surface area contributed by atoms with E-state index in [4.69, 9.17) is 14.6 Å². The van der Waals surface area contributed by atoms with Crippen molar-refractivity contribution in [2.24, 2.45) is 0 Å². The van der Waals surface area contributed by atoms with Crippen molar-refractivity contribution in [2.75, 3.05) is 6.61 Å². The third-order valence-electron chi connectivity index (χ3n) is 4.06. The zero-order chi connectivity index (χ0) is 18.0. The van der Waals surface area contributed by atoms with Crippen LogP contribution in [-0.2, 0) is 19.6 Å². The maximum Gasteiger partial charge on any atom is 0.123 e. The minimum absolute atomic E-state index is 0.176. The van der Waals surface area contributed by atoms with E-state index >= 15 is 0 Å². The lowest BCUT2D eigenvalue weighted by Gasteiger charge is -2.13. The molecule has 26 heavy (non-hydrogen) atoms. The number of aliphatic hydroxyl groups is 1. The van der Waals surface area contributed by atoms with Gasteiger partial charge in [-0.2, -0.15) is 0 Å². The average Bonchev–Trinajstić information content (AvgIpc) is 2.71. The maximum absolute atomic E-state index is 9.11. The molecule has 0 unspecified atom stereocenters.